The van der Waals surface area contributed by atoms with Crippen LogP contribution in [-0.2, 0) is 0 Å². The van der Waals surface area contributed by atoms with Crippen LogP contribution in [0.2, 0.25) is 0 Å². The number of aliphatic hydroxyl groups is 3. The van der Waals surface area contributed by atoms with Crippen LogP contribution in [0.4, 0.5) is 8.78 Å². The SMILES string of the molecule is C.CCC(N)(CO)CCCCCCF.NC(CO)(CO)CCCCCCF. The molecular formula is C20H46F2N2O3. The predicted octanol–water partition coefficient (Wildman–Crippen LogP) is 3.23. The van der Waals surface area contributed by atoms with Crippen LogP contribution >= 0.6 is 0 Å². The molecule has 0 aliphatic carbocycles. The van der Waals surface area contributed by atoms with Crippen LogP contribution in [0.5, 0.6) is 0 Å². The maximum absolute atomic E-state index is 11.7. The normalized spacial score (nSPS) is 13.3. The van der Waals surface area contributed by atoms with E-state index in [1.54, 1.807) is 0 Å². The third-order valence-electron chi connectivity index (χ3n) is 4.77. The minimum atomic E-state index is -0.851. The Labute approximate surface area is 165 Å². The van der Waals surface area contributed by atoms with Gasteiger partial charge in [0.25, 0.3) is 0 Å². The average Bonchev–Trinajstić information content (AvgIpc) is 2.67. The lowest BCUT2D eigenvalue weighted by Gasteiger charge is -2.25. The zero-order chi connectivity index (χ0) is 20.3. The molecule has 5 nitrogen and oxygen atoms in total. The van der Waals surface area contributed by atoms with Crippen LogP contribution in [-0.4, -0.2) is 59.6 Å². The summed E-state index contributed by atoms with van der Waals surface area (Å²) in [6.45, 7) is 1.14. The summed E-state index contributed by atoms with van der Waals surface area (Å²) in [7, 11) is 0. The number of alkyl halides is 2. The van der Waals surface area contributed by atoms with E-state index in [2.05, 4.69) is 0 Å². The first-order chi connectivity index (χ1) is 12.4. The summed E-state index contributed by atoms with van der Waals surface area (Å²) in [6, 6.07) is 0. The van der Waals surface area contributed by atoms with Gasteiger partial charge in [-0.3, -0.25) is 8.78 Å². The molecule has 0 aromatic rings. The Morgan fingerprint density at radius 2 is 0.963 bits per heavy atom. The molecule has 7 N–H and O–H groups in total. The van der Waals surface area contributed by atoms with Crippen molar-refractivity contribution < 1.29 is 24.1 Å². The summed E-state index contributed by atoms with van der Waals surface area (Å²) in [6.07, 6.45) is 9.00. The Morgan fingerprint density at radius 1 is 0.630 bits per heavy atom. The molecule has 0 amide bonds. The summed E-state index contributed by atoms with van der Waals surface area (Å²) >= 11 is 0. The first-order valence-electron chi connectivity index (χ1n) is 9.89. The van der Waals surface area contributed by atoms with Crippen molar-refractivity contribution in [3.63, 3.8) is 0 Å². The van der Waals surface area contributed by atoms with Crippen molar-refractivity contribution in [3.05, 3.63) is 0 Å². The van der Waals surface area contributed by atoms with Gasteiger partial charge in [0.05, 0.1) is 38.7 Å². The second-order valence-electron chi connectivity index (χ2n) is 7.26. The first-order valence-corrected chi connectivity index (χ1v) is 9.89. The highest BCUT2D eigenvalue weighted by Crippen LogP contribution is 2.16. The van der Waals surface area contributed by atoms with Gasteiger partial charge >= 0.3 is 0 Å². The Balaban J connectivity index is -0.000000411. The number of halogens is 2. The monoisotopic (exact) mass is 400 g/mol. The molecule has 0 heterocycles. The van der Waals surface area contributed by atoms with Crippen LogP contribution < -0.4 is 11.5 Å². The third-order valence-corrected chi connectivity index (χ3v) is 4.77. The Morgan fingerprint density at radius 3 is 1.26 bits per heavy atom. The lowest BCUT2D eigenvalue weighted by atomic mass is 9.91. The highest BCUT2D eigenvalue weighted by atomic mass is 19.1. The second-order valence-corrected chi connectivity index (χ2v) is 7.26. The summed E-state index contributed by atoms with van der Waals surface area (Å²) in [4.78, 5) is 0. The molecule has 0 aliphatic rings. The minimum Gasteiger partial charge on any atom is -0.394 e. The molecular weight excluding hydrogens is 354 g/mol. The Hall–Kier alpha value is -0.340. The van der Waals surface area contributed by atoms with Gasteiger partial charge in [0, 0.05) is 5.54 Å². The van der Waals surface area contributed by atoms with Gasteiger partial charge in [-0.2, -0.15) is 0 Å². The second kappa shape index (κ2) is 20.4. The lowest BCUT2D eigenvalue weighted by molar-refractivity contribution is 0.112. The molecule has 1 unspecified atom stereocenters. The number of hydrogen-bond acceptors (Lipinski definition) is 5. The van der Waals surface area contributed by atoms with Gasteiger partial charge in [0.1, 0.15) is 0 Å². The van der Waals surface area contributed by atoms with E-state index in [0.29, 0.717) is 19.3 Å². The van der Waals surface area contributed by atoms with Crippen molar-refractivity contribution in [3.8, 4) is 0 Å². The van der Waals surface area contributed by atoms with Crippen LogP contribution in [0, 0.1) is 0 Å². The molecule has 0 spiro atoms. The van der Waals surface area contributed by atoms with E-state index in [0.717, 1.165) is 51.4 Å². The quantitative estimate of drug-likeness (QED) is 0.255. The summed E-state index contributed by atoms with van der Waals surface area (Å²) in [5.74, 6) is 0. The largest absolute Gasteiger partial charge is 0.394 e. The van der Waals surface area contributed by atoms with Crippen molar-refractivity contribution in [1.82, 2.24) is 0 Å². The van der Waals surface area contributed by atoms with Crippen LogP contribution in [0.25, 0.3) is 0 Å². The van der Waals surface area contributed by atoms with Gasteiger partial charge in [-0.25, -0.2) is 0 Å². The van der Waals surface area contributed by atoms with Crippen molar-refractivity contribution in [2.45, 2.75) is 96.1 Å². The molecule has 0 aliphatic heterocycles. The number of nitrogens with two attached hydrogens (primary N) is 2. The van der Waals surface area contributed by atoms with E-state index < -0.39 is 11.1 Å². The number of unbranched alkanes of at least 4 members (excludes halogenated alkanes) is 6. The smallest absolute Gasteiger partial charge is 0.0894 e. The van der Waals surface area contributed by atoms with Gasteiger partial charge in [-0.05, 0) is 32.1 Å². The number of aliphatic hydroxyl groups excluding tert-OH is 3. The van der Waals surface area contributed by atoms with Gasteiger partial charge in [-0.1, -0.05) is 52.9 Å². The fourth-order valence-electron chi connectivity index (χ4n) is 2.43. The van der Waals surface area contributed by atoms with Gasteiger partial charge < -0.3 is 26.8 Å². The molecule has 0 fully saturated rings. The molecule has 0 saturated heterocycles. The average molecular weight is 401 g/mol. The van der Waals surface area contributed by atoms with E-state index in [-0.39, 0.29) is 40.6 Å². The molecule has 1 atom stereocenters. The van der Waals surface area contributed by atoms with E-state index in [1.165, 1.54) is 0 Å². The minimum absolute atomic E-state index is 0. The maximum atomic E-state index is 11.7. The van der Waals surface area contributed by atoms with Gasteiger partial charge in [-0.15, -0.1) is 0 Å². The van der Waals surface area contributed by atoms with Crippen LogP contribution in [0.3, 0.4) is 0 Å². The van der Waals surface area contributed by atoms with Crippen molar-refractivity contribution in [2.75, 3.05) is 33.2 Å². The molecule has 0 aromatic heterocycles. The fraction of sp³-hybridized carbons (Fsp3) is 1.00. The zero-order valence-electron chi connectivity index (χ0n) is 16.6. The predicted molar refractivity (Wildman–Crippen MR) is 110 cm³/mol. The van der Waals surface area contributed by atoms with E-state index >= 15 is 0 Å². The summed E-state index contributed by atoms with van der Waals surface area (Å²) in [5.41, 5.74) is 10.3. The van der Waals surface area contributed by atoms with Crippen molar-refractivity contribution in [2.24, 2.45) is 11.5 Å². The lowest BCUT2D eigenvalue weighted by Crippen LogP contribution is -2.47. The highest BCUT2D eigenvalue weighted by Gasteiger charge is 2.22. The highest BCUT2D eigenvalue weighted by molar-refractivity contribution is 4.82. The van der Waals surface area contributed by atoms with Crippen molar-refractivity contribution in [1.29, 1.82) is 0 Å². The topological polar surface area (TPSA) is 113 Å². The number of rotatable bonds is 16. The zero-order valence-corrected chi connectivity index (χ0v) is 16.6. The fourth-order valence-corrected chi connectivity index (χ4v) is 2.43. The Kier molecular flexibility index (Phi) is 23.7. The maximum Gasteiger partial charge on any atom is 0.0894 e. The molecule has 0 aromatic carbocycles. The number of hydrogen-bond donors (Lipinski definition) is 5. The Bertz CT molecular complexity index is 262. The van der Waals surface area contributed by atoms with E-state index in [9.17, 15) is 8.78 Å². The standard InChI is InChI=1S/C10H22FNO.C9H20FNO2.CH4/c1-2-10(12,9-13)7-5-3-4-6-8-11;10-6-4-2-1-3-5-9(11,7-12)8-13;/h13H,2-9,12H2,1H3;12-13H,1-8,11H2;1H4. The first kappa shape index (κ1) is 31.4. The summed E-state index contributed by atoms with van der Waals surface area (Å²) < 4.78 is 23.4. The molecule has 0 radical (unpaired) electrons. The van der Waals surface area contributed by atoms with Crippen LogP contribution in [0.1, 0.15) is 85.0 Å². The van der Waals surface area contributed by atoms with Gasteiger partial charge in [0.2, 0.25) is 0 Å². The molecule has 168 valence electrons. The van der Waals surface area contributed by atoms with Crippen LogP contribution in [0.15, 0.2) is 0 Å². The molecule has 0 saturated carbocycles. The van der Waals surface area contributed by atoms with Gasteiger partial charge in [0.15, 0.2) is 0 Å². The molecule has 27 heavy (non-hydrogen) atoms. The molecule has 0 rings (SSSR count). The van der Waals surface area contributed by atoms with E-state index in [4.69, 9.17) is 26.8 Å². The van der Waals surface area contributed by atoms with E-state index in [1.807, 2.05) is 6.92 Å². The summed E-state index contributed by atoms with van der Waals surface area (Å²) in [5, 5.41) is 26.7. The van der Waals surface area contributed by atoms with Crippen molar-refractivity contribution >= 4 is 0 Å². The third kappa shape index (κ3) is 18.8. The molecule has 0 bridgehead atoms. The molecule has 7 heteroatoms.